The molecule has 0 spiro atoms. The van der Waals surface area contributed by atoms with Crippen molar-refractivity contribution < 1.29 is 23.0 Å². The minimum absolute atomic E-state index is 0. The van der Waals surface area contributed by atoms with Gasteiger partial charge in [-0.2, -0.15) is 13.2 Å². The molecular weight excluding hydrogens is 464 g/mol. The van der Waals surface area contributed by atoms with Crippen molar-refractivity contribution in [3.8, 4) is 0 Å². The van der Waals surface area contributed by atoms with E-state index >= 15 is 0 Å². The maximum atomic E-state index is 12.8. The molecule has 2 aliphatic heterocycles. The summed E-state index contributed by atoms with van der Waals surface area (Å²) < 4.78 is 43.8. The van der Waals surface area contributed by atoms with Gasteiger partial charge in [0.05, 0.1) is 12.1 Å². The number of hydrogen-bond acceptors (Lipinski definition) is 4. The average molecular weight is 494 g/mol. The molecule has 0 aliphatic carbocycles. The molecule has 0 bridgehead atoms. The summed E-state index contributed by atoms with van der Waals surface area (Å²) in [6.07, 6.45) is -3.10. The Morgan fingerprint density at radius 3 is 2.31 bits per heavy atom. The van der Waals surface area contributed by atoms with Gasteiger partial charge in [0.25, 0.3) is 0 Å². The van der Waals surface area contributed by atoms with Crippen LogP contribution in [0.25, 0.3) is 0 Å². The third kappa shape index (κ3) is 6.68. The van der Waals surface area contributed by atoms with Gasteiger partial charge in [-0.1, -0.05) is 0 Å². The first kappa shape index (κ1) is 23.7. The minimum Gasteiger partial charge on any atom is -0.388 e. The fraction of sp³-hybridized carbons (Fsp3) is 0.938. The molecule has 0 aromatic heterocycles. The van der Waals surface area contributed by atoms with Gasteiger partial charge in [0, 0.05) is 58.8 Å². The highest BCUT2D eigenvalue weighted by Crippen LogP contribution is 2.25. The number of guanidine groups is 1. The minimum atomic E-state index is -4.20. The maximum absolute atomic E-state index is 12.8. The second-order valence-electron chi connectivity index (χ2n) is 6.75. The largest absolute Gasteiger partial charge is 0.403 e. The molecule has 1 atom stereocenters. The monoisotopic (exact) mass is 494 g/mol. The Labute approximate surface area is 170 Å². The van der Waals surface area contributed by atoms with Crippen LogP contribution >= 0.6 is 24.0 Å². The maximum Gasteiger partial charge on any atom is 0.403 e. The molecule has 26 heavy (non-hydrogen) atoms. The van der Waals surface area contributed by atoms with Crippen molar-refractivity contribution in [2.24, 2.45) is 4.99 Å². The van der Waals surface area contributed by atoms with Gasteiger partial charge in [-0.25, -0.2) is 0 Å². The van der Waals surface area contributed by atoms with E-state index in [1.165, 1.54) is 11.8 Å². The Morgan fingerprint density at radius 1 is 1.23 bits per heavy atom. The molecule has 2 rings (SSSR count). The lowest BCUT2D eigenvalue weighted by atomic mass is 9.95. The number of nitrogens with one attached hydrogen (secondary N) is 1. The molecule has 0 amide bonds. The van der Waals surface area contributed by atoms with Gasteiger partial charge in [-0.15, -0.1) is 24.0 Å². The Kier molecular flexibility index (Phi) is 9.37. The number of piperazine rings is 1. The molecule has 10 heteroatoms. The molecule has 0 aromatic carbocycles. The van der Waals surface area contributed by atoms with E-state index in [4.69, 9.17) is 4.74 Å². The van der Waals surface area contributed by atoms with Crippen LogP contribution in [0.1, 0.15) is 26.7 Å². The van der Waals surface area contributed by atoms with E-state index in [0.717, 1.165) is 0 Å². The van der Waals surface area contributed by atoms with Crippen molar-refractivity contribution in [1.82, 2.24) is 15.1 Å². The zero-order valence-corrected chi connectivity index (χ0v) is 17.7. The third-order valence-electron chi connectivity index (χ3n) is 4.92. The predicted octanol–water partition coefficient (Wildman–Crippen LogP) is 1.68. The Hall–Kier alpha value is -0.330. The first-order valence-electron chi connectivity index (χ1n) is 8.89. The van der Waals surface area contributed by atoms with Crippen LogP contribution in [0, 0.1) is 0 Å². The topological polar surface area (TPSA) is 60.3 Å². The first-order valence-corrected chi connectivity index (χ1v) is 8.89. The molecule has 154 valence electrons. The van der Waals surface area contributed by atoms with Gasteiger partial charge in [-0.05, 0) is 13.8 Å². The standard InChI is InChI=1S/C16H29F3N4O2.HI/c1-3-20-14(21-12-15(24)4-10-25-11-5-15)23-8-6-22(7-9-23)13(2)16(17,18)19;/h13,24H,3-12H2,1-2H3,(H,20,21);1H. The number of hydrogen-bond donors (Lipinski definition) is 2. The van der Waals surface area contributed by atoms with E-state index in [1.54, 1.807) is 0 Å². The molecule has 2 N–H and O–H groups in total. The fourth-order valence-electron chi connectivity index (χ4n) is 3.09. The zero-order chi connectivity index (χ0) is 18.5. The summed E-state index contributed by atoms with van der Waals surface area (Å²) in [7, 11) is 0. The van der Waals surface area contributed by atoms with E-state index in [9.17, 15) is 18.3 Å². The van der Waals surface area contributed by atoms with E-state index in [-0.39, 0.29) is 30.5 Å². The first-order chi connectivity index (χ1) is 11.7. The highest BCUT2D eigenvalue weighted by Gasteiger charge is 2.41. The summed E-state index contributed by atoms with van der Waals surface area (Å²) in [5, 5.41) is 13.7. The van der Waals surface area contributed by atoms with Crippen molar-refractivity contribution in [1.29, 1.82) is 0 Å². The van der Waals surface area contributed by atoms with Gasteiger partial charge in [0.2, 0.25) is 0 Å². The van der Waals surface area contributed by atoms with Crippen molar-refractivity contribution in [2.45, 2.75) is 44.5 Å². The lowest BCUT2D eigenvalue weighted by molar-refractivity contribution is -0.181. The summed E-state index contributed by atoms with van der Waals surface area (Å²) in [4.78, 5) is 7.95. The van der Waals surface area contributed by atoms with Gasteiger partial charge in [-0.3, -0.25) is 9.89 Å². The fourth-order valence-corrected chi connectivity index (χ4v) is 3.09. The highest BCUT2D eigenvalue weighted by atomic mass is 127. The molecule has 0 saturated carbocycles. The number of aliphatic imine (C=N–C) groups is 1. The van der Waals surface area contributed by atoms with Crippen molar-refractivity contribution in [3.05, 3.63) is 0 Å². The second-order valence-corrected chi connectivity index (χ2v) is 6.75. The van der Waals surface area contributed by atoms with E-state index in [0.29, 0.717) is 64.7 Å². The molecular formula is C16H30F3IN4O2. The number of rotatable bonds is 4. The van der Waals surface area contributed by atoms with Crippen LogP contribution in [0.2, 0.25) is 0 Å². The van der Waals surface area contributed by atoms with Gasteiger partial charge < -0.3 is 20.1 Å². The molecule has 0 radical (unpaired) electrons. The average Bonchev–Trinajstić information content (AvgIpc) is 2.58. The van der Waals surface area contributed by atoms with Crippen LogP contribution in [-0.2, 0) is 4.74 Å². The smallest absolute Gasteiger partial charge is 0.388 e. The molecule has 6 nitrogen and oxygen atoms in total. The SMILES string of the molecule is CCNC(=NCC1(O)CCOCC1)N1CCN(C(C)C(F)(F)F)CC1.I. The number of nitrogens with zero attached hydrogens (tertiary/aromatic N) is 3. The van der Waals surface area contributed by atoms with Crippen LogP contribution in [-0.4, -0.2) is 91.2 Å². The quantitative estimate of drug-likeness (QED) is 0.354. The summed E-state index contributed by atoms with van der Waals surface area (Å²) in [6, 6.07) is -1.43. The Morgan fingerprint density at radius 2 is 1.81 bits per heavy atom. The number of aliphatic hydroxyl groups is 1. The van der Waals surface area contributed by atoms with Crippen LogP contribution in [0.4, 0.5) is 13.2 Å². The van der Waals surface area contributed by atoms with Crippen LogP contribution in [0.5, 0.6) is 0 Å². The molecule has 2 heterocycles. The molecule has 2 saturated heterocycles. The Bertz CT molecular complexity index is 451. The van der Waals surface area contributed by atoms with E-state index < -0.39 is 17.8 Å². The predicted molar refractivity (Wildman–Crippen MR) is 105 cm³/mol. The molecule has 2 aliphatic rings. The summed E-state index contributed by atoms with van der Waals surface area (Å²) >= 11 is 0. The van der Waals surface area contributed by atoms with Gasteiger partial charge in [0.15, 0.2) is 5.96 Å². The summed E-state index contributed by atoms with van der Waals surface area (Å²) in [6.45, 7) is 6.77. The molecule has 0 aromatic rings. The lowest BCUT2D eigenvalue weighted by Crippen LogP contribution is -2.57. The summed E-state index contributed by atoms with van der Waals surface area (Å²) in [5.41, 5.74) is -0.856. The van der Waals surface area contributed by atoms with E-state index in [1.807, 2.05) is 11.8 Å². The highest BCUT2D eigenvalue weighted by molar-refractivity contribution is 14.0. The third-order valence-corrected chi connectivity index (χ3v) is 4.92. The van der Waals surface area contributed by atoms with Crippen molar-refractivity contribution in [3.63, 3.8) is 0 Å². The number of alkyl halides is 3. The summed E-state index contributed by atoms with van der Waals surface area (Å²) in [5.74, 6) is 0.654. The molecule has 2 fully saturated rings. The number of ether oxygens (including phenoxy) is 1. The van der Waals surface area contributed by atoms with Gasteiger partial charge >= 0.3 is 6.18 Å². The Balaban J connectivity index is 0.00000338. The normalized spacial score (nSPS) is 23.3. The van der Waals surface area contributed by atoms with Crippen LogP contribution in [0.15, 0.2) is 4.99 Å². The molecule has 1 unspecified atom stereocenters. The lowest BCUT2D eigenvalue weighted by Gasteiger charge is -2.40. The van der Waals surface area contributed by atoms with Gasteiger partial charge in [0.1, 0.15) is 6.04 Å². The van der Waals surface area contributed by atoms with Crippen molar-refractivity contribution >= 4 is 29.9 Å². The van der Waals surface area contributed by atoms with Crippen molar-refractivity contribution in [2.75, 3.05) is 52.5 Å². The zero-order valence-electron chi connectivity index (χ0n) is 15.4. The second kappa shape index (κ2) is 10.3. The van der Waals surface area contributed by atoms with Crippen LogP contribution in [0.3, 0.4) is 0 Å². The van der Waals surface area contributed by atoms with E-state index in [2.05, 4.69) is 10.3 Å². The van der Waals surface area contributed by atoms with Crippen LogP contribution < -0.4 is 5.32 Å². The number of halogens is 4.